The van der Waals surface area contributed by atoms with Crippen molar-refractivity contribution in [3.63, 3.8) is 0 Å². The summed E-state index contributed by atoms with van der Waals surface area (Å²) in [5.41, 5.74) is 0. The molecule has 0 spiro atoms. The highest BCUT2D eigenvalue weighted by molar-refractivity contribution is 4.55. The van der Waals surface area contributed by atoms with Gasteiger partial charge in [0.25, 0.3) is 0 Å². The summed E-state index contributed by atoms with van der Waals surface area (Å²) in [6.07, 6.45) is 2.88. The first kappa shape index (κ1) is 8.96. The van der Waals surface area contributed by atoms with E-state index in [-0.39, 0.29) is 6.10 Å². The predicted octanol–water partition coefficient (Wildman–Crippen LogP) is 2.63. The maximum Gasteiger partial charge on any atom is 0.0904 e. The van der Waals surface area contributed by atoms with Crippen LogP contribution in [0.25, 0.3) is 0 Å². The van der Waals surface area contributed by atoms with Crippen molar-refractivity contribution in [1.82, 2.24) is 0 Å². The van der Waals surface area contributed by atoms with E-state index in [9.17, 15) is 5.11 Å². The average Bonchev–Trinajstić information content (AvgIpc) is 1.63. The van der Waals surface area contributed by atoms with Crippen LogP contribution in [0, 0.1) is 5.92 Å². The van der Waals surface area contributed by atoms with Gasteiger partial charge in [0.05, 0.1) is 6.10 Å². The van der Waals surface area contributed by atoms with Gasteiger partial charge in [-0.1, -0.05) is 26.7 Å². The van der Waals surface area contributed by atoms with Gasteiger partial charge < -0.3 is 0 Å². The van der Waals surface area contributed by atoms with Gasteiger partial charge in [-0.3, -0.25) is 0 Å². The van der Waals surface area contributed by atoms with Crippen LogP contribution in [0.15, 0.2) is 0 Å². The van der Waals surface area contributed by atoms with Gasteiger partial charge in [-0.2, -0.15) is 0 Å². The van der Waals surface area contributed by atoms with Gasteiger partial charge in [0, 0.05) is 0 Å². The molecule has 0 fully saturated rings. The normalized spacial score (nSPS) is 17.3. The van der Waals surface area contributed by atoms with Crippen LogP contribution >= 0.6 is 0 Å². The van der Waals surface area contributed by atoms with Crippen LogP contribution < -0.4 is 0 Å². The quantitative estimate of drug-likeness (QED) is 0.556. The molecule has 0 rings (SSSR count). The minimum atomic E-state index is -0.369. The Morgan fingerprint density at radius 2 is 1.89 bits per heavy atom. The molecule has 1 radical (unpaired) electrons. The third kappa shape index (κ3) is 5.84. The predicted molar refractivity (Wildman–Crippen MR) is 38.8 cm³/mol. The van der Waals surface area contributed by atoms with Crippen LogP contribution in [0.4, 0.5) is 0 Å². The molecule has 1 nitrogen and oxygen atoms in total. The maximum absolute atomic E-state index is 10.6. The van der Waals surface area contributed by atoms with Crippen molar-refractivity contribution in [3.05, 3.63) is 0 Å². The van der Waals surface area contributed by atoms with Crippen molar-refractivity contribution in [1.29, 1.82) is 0 Å². The van der Waals surface area contributed by atoms with E-state index in [1.54, 1.807) is 6.92 Å². The lowest BCUT2D eigenvalue weighted by Crippen LogP contribution is -2.04. The van der Waals surface area contributed by atoms with E-state index in [1.807, 2.05) is 0 Å². The zero-order chi connectivity index (χ0) is 7.28. The Balaban J connectivity index is 3.15. The van der Waals surface area contributed by atoms with Gasteiger partial charge in [-0.15, -0.1) is 0 Å². The van der Waals surface area contributed by atoms with Crippen molar-refractivity contribution in [2.45, 2.75) is 46.1 Å². The van der Waals surface area contributed by atoms with E-state index in [4.69, 9.17) is 0 Å². The first-order valence-corrected chi connectivity index (χ1v) is 3.82. The molecule has 2 atom stereocenters. The highest BCUT2D eigenvalue weighted by Crippen LogP contribution is 2.11. The molecule has 0 aliphatic carbocycles. The molecule has 55 valence electrons. The number of hydrogen-bond acceptors (Lipinski definition) is 0. The van der Waals surface area contributed by atoms with Gasteiger partial charge in [0.2, 0.25) is 0 Å². The van der Waals surface area contributed by atoms with E-state index in [1.165, 1.54) is 12.8 Å². The largest absolute Gasteiger partial charge is 0.233 e. The molecule has 0 amide bonds. The van der Waals surface area contributed by atoms with Crippen molar-refractivity contribution < 1.29 is 5.11 Å². The summed E-state index contributed by atoms with van der Waals surface area (Å²) in [5, 5.41) is 10.6. The molecule has 2 unspecified atom stereocenters. The summed E-state index contributed by atoms with van der Waals surface area (Å²) in [6.45, 7) is 6.05. The Bertz CT molecular complexity index is 59.6. The Labute approximate surface area is 58.1 Å². The van der Waals surface area contributed by atoms with Crippen LogP contribution in [-0.4, -0.2) is 6.10 Å². The number of hydrogen-bond donors (Lipinski definition) is 0. The lowest BCUT2D eigenvalue weighted by atomic mass is 10.00. The van der Waals surface area contributed by atoms with Gasteiger partial charge in [0.15, 0.2) is 0 Å². The molecule has 0 bridgehead atoms. The Morgan fingerprint density at radius 3 is 2.22 bits per heavy atom. The van der Waals surface area contributed by atoms with Crippen molar-refractivity contribution in [3.8, 4) is 0 Å². The summed E-state index contributed by atoms with van der Waals surface area (Å²) in [6, 6.07) is 0. The van der Waals surface area contributed by atoms with E-state index < -0.39 is 0 Å². The molecular weight excluding hydrogens is 112 g/mol. The standard InChI is InChI=1S/C8H17O/c1-4-5-7(2)6-8(3)9/h7-8H,4-6H2,1-3H3. The maximum atomic E-state index is 10.6. The Hall–Kier alpha value is -0.0400. The second kappa shape index (κ2) is 4.80. The van der Waals surface area contributed by atoms with Gasteiger partial charge >= 0.3 is 0 Å². The van der Waals surface area contributed by atoms with Gasteiger partial charge in [-0.05, 0) is 19.3 Å². The van der Waals surface area contributed by atoms with Crippen molar-refractivity contribution in [2.75, 3.05) is 0 Å². The SMILES string of the molecule is CCCC(C)CC(C)[O]. The molecule has 0 aromatic carbocycles. The topological polar surface area (TPSA) is 19.9 Å². The van der Waals surface area contributed by atoms with Crippen molar-refractivity contribution in [2.24, 2.45) is 5.92 Å². The number of rotatable bonds is 4. The van der Waals surface area contributed by atoms with E-state index in [0.717, 1.165) is 6.42 Å². The van der Waals surface area contributed by atoms with E-state index in [0.29, 0.717) is 5.92 Å². The molecule has 0 heterocycles. The molecule has 0 aliphatic rings. The molecule has 0 N–H and O–H groups in total. The molecule has 0 saturated heterocycles. The monoisotopic (exact) mass is 129 g/mol. The zero-order valence-electron chi connectivity index (χ0n) is 6.68. The molecule has 9 heavy (non-hydrogen) atoms. The van der Waals surface area contributed by atoms with Gasteiger partial charge in [0.1, 0.15) is 0 Å². The summed E-state index contributed by atoms with van der Waals surface area (Å²) in [4.78, 5) is 0. The van der Waals surface area contributed by atoms with Crippen LogP contribution in [0.5, 0.6) is 0 Å². The lowest BCUT2D eigenvalue weighted by Gasteiger charge is -2.09. The summed E-state index contributed by atoms with van der Waals surface area (Å²) >= 11 is 0. The Kier molecular flexibility index (Phi) is 4.78. The molecule has 0 aromatic rings. The van der Waals surface area contributed by atoms with Crippen LogP contribution in [0.3, 0.4) is 0 Å². The fourth-order valence-electron chi connectivity index (χ4n) is 1.18. The van der Waals surface area contributed by atoms with Gasteiger partial charge in [-0.25, -0.2) is 5.11 Å². The highest BCUT2D eigenvalue weighted by atomic mass is 16.3. The first-order chi connectivity index (χ1) is 4.16. The smallest absolute Gasteiger partial charge is 0.0904 e. The van der Waals surface area contributed by atoms with E-state index >= 15 is 0 Å². The molecule has 0 saturated carbocycles. The van der Waals surface area contributed by atoms with Crippen LogP contribution in [0.1, 0.15) is 40.0 Å². The second-order valence-corrected chi connectivity index (χ2v) is 2.94. The second-order valence-electron chi connectivity index (χ2n) is 2.94. The fraction of sp³-hybridized carbons (Fsp3) is 1.00. The summed E-state index contributed by atoms with van der Waals surface area (Å²) in [7, 11) is 0. The van der Waals surface area contributed by atoms with Crippen LogP contribution in [-0.2, 0) is 5.11 Å². The molecule has 0 aromatic heterocycles. The minimum absolute atomic E-state index is 0.369. The zero-order valence-corrected chi connectivity index (χ0v) is 6.68. The molecule has 0 aliphatic heterocycles. The third-order valence-corrected chi connectivity index (χ3v) is 1.52. The lowest BCUT2D eigenvalue weighted by molar-refractivity contribution is 0.0826. The minimum Gasteiger partial charge on any atom is -0.233 e. The molecular formula is C8H17O. The van der Waals surface area contributed by atoms with Crippen molar-refractivity contribution >= 4 is 0 Å². The fourth-order valence-corrected chi connectivity index (χ4v) is 1.18. The third-order valence-electron chi connectivity index (χ3n) is 1.52. The highest BCUT2D eigenvalue weighted by Gasteiger charge is 2.04. The average molecular weight is 129 g/mol. The Morgan fingerprint density at radius 1 is 1.33 bits per heavy atom. The molecule has 1 heteroatoms. The van der Waals surface area contributed by atoms with Crippen LogP contribution in [0.2, 0.25) is 0 Å². The van der Waals surface area contributed by atoms with E-state index in [2.05, 4.69) is 13.8 Å². The summed E-state index contributed by atoms with van der Waals surface area (Å²) in [5.74, 6) is 0.627. The summed E-state index contributed by atoms with van der Waals surface area (Å²) < 4.78 is 0. The first-order valence-electron chi connectivity index (χ1n) is 3.82.